The van der Waals surface area contributed by atoms with Gasteiger partial charge >= 0.3 is 0 Å². The fraction of sp³-hybridized carbons (Fsp3) is 0.538. The fourth-order valence-corrected chi connectivity index (χ4v) is 5.83. The van der Waals surface area contributed by atoms with Crippen LogP contribution in [0.25, 0.3) is 0 Å². The predicted molar refractivity (Wildman–Crippen MR) is 144 cm³/mol. The van der Waals surface area contributed by atoms with Crippen molar-refractivity contribution in [3.63, 3.8) is 0 Å². The molecule has 204 valence electrons. The van der Waals surface area contributed by atoms with Crippen molar-refractivity contribution in [3.05, 3.63) is 47.2 Å². The van der Waals surface area contributed by atoms with E-state index in [4.69, 9.17) is 9.47 Å². The molecule has 0 aliphatic carbocycles. The summed E-state index contributed by atoms with van der Waals surface area (Å²) in [4.78, 5) is 23.5. The van der Waals surface area contributed by atoms with Crippen molar-refractivity contribution in [1.82, 2.24) is 19.1 Å². The fourth-order valence-electron chi connectivity index (χ4n) is 4.27. The first-order valence-corrected chi connectivity index (χ1v) is 13.8. The number of ether oxygens (including phenoxy) is 2. The van der Waals surface area contributed by atoms with Crippen LogP contribution in [0.4, 0.5) is 5.82 Å². The largest absolute Gasteiger partial charge is 0.497 e. The van der Waals surface area contributed by atoms with Crippen molar-refractivity contribution in [2.45, 2.75) is 25.3 Å². The Morgan fingerprint density at radius 2 is 1.73 bits per heavy atom. The zero-order valence-electron chi connectivity index (χ0n) is 22.7. The number of aryl methyl sites for hydroxylation is 2. The maximum atomic E-state index is 13.1. The molecule has 1 aromatic carbocycles. The molecule has 11 heteroatoms. The number of likely N-dealkylation sites (N-methyl/N-ethyl adjacent to an activating group) is 3. The monoisotopic (exact) mass is 533 g/mol. The molecule has 1 amide bonds. The molecule has 1 aliphatic heterocycles. The minimum atomic E-state index is -3.71. The Kier molecular flexibility index (Phi) is 9.88. The van der Waals surface area contributed by atoms with Gasteiger partial charge in [0.05, 0.1) is 18.6 Å². The average molecular weight is 534 g/mol. The maximum Gasteiger partial charge on any atom is 0.248 e. The van der Waals surface area contributed by atoms with Crippen molar-refractivity contribution in [3.8, 4) is 5.75 Å². The molecule has 1 aromatic heterocycles. The first-order chi connectivity index (χ1) is 17.5. The van der Waals surface area contributed by atoms with Crippen LogP contribution in [0.15, 0.2) is 35.4 Å². The SMILES string of the molecule is COc1cc(C)c(S(=O)(=O)N(C)CCOCC(=O)N(C)Cc2ccc(N3CCN(C)CC3)nc2)c(C)c1. The van der Waals surface area contributed by atoms with Crippen molar-refractivity contribution in [2.75, 3.05) is 79.1 Å². The molecule has 0 spiro atoms. The summed E-state index contributed by atoms with van der Waals surface area (Å²) in [6, 6.07) is 7.40. The van der Waals surface area contributed by atoms with Crippen LogP contribution in [0, 0.1) is 13.8 Å². The number of sulfonamides is 1. The number of hydrogen-bond donors (Lipinski definition) is 0. The summed E-state index contributed by atoms with van der Waals surface area (Å²) >= 11 is 0. The summed E-state index contributed by atoms with van der Waals surface area (Å²) in [5, 5.41) is 0. The molecule has 0 bridgehead atoms. The van der Waals surface area contributed by atoms with Crippen LogP contribution in [0.2, 0.25) is 0 Å². The standard InChI is InChI=1S/C26H39N5O5S/c1-20-15-23(35-6)16-21(2)26(20)37(33,34)30(5)13-14-36-19-25(32)29(4)18-22-7-8-24(27-17-22)31-11-9-28(3)10-12-31/h7-8,15-17H,9-14,18-19H2,1-6H3. The molecule has 1 fully saturated rings. The second-order valence-electron chi connectivity index (χ2n) is 9.53. The van der Waals surface area contributed by atoms with Gasteiger partial charge in [-0.25, -0.2) is 13.4 Å². The van der Waals surface area contributed by atoms with E-state index >= 15 is 0 Å². The van der Waals surface area contributed by atoms with Crippen LogP contribution in [0.1, 0.15) is 16.7 Å². The van der Waals surface area contributed by atoms with Crippen molar-refractivity contribution >= 4 is 21.7 Å². The van der Waals surface area contributed by atoms with E-state index in [-0.39, 0.29) is 30.6 Å². The Balaban J connectivity index is 1.45. The van der Waals surface area contributed by atoms with E-state index < -0.39 is 10.0 Å². The molecule has 1 saturated heterocycles. The number of piperazine rings is 1. The quantitative estimate of drug-likeness (QED) is 0.403. The van der Waals surface area contributed by atoms with Gasteiger partial charge in [0, 0.05) is 59.6 Å². The van der Waals surface area contributed by atoms with Gasteiger partial charge in [0.1, 0.15) is 18.2 Å². The smallest absolute Gasteiger partial charge is 0.248 e. The molecule has 0 unspecified atom stereocenters. The summed E-state index contributed by atoms with van der Waals surface area (Å²) in [6.45, 7) is 7.95. The zero-order chi connectivity index (χ0) is 27.2. The lowest BCUT2D eigenvalue weighted by Crippen LogP contribution is -2.44. The van der Waals surface area contributed by atoms with Crippen LogP contribution in [-0.4, -0.2) is 108 Å². The number of nitrogens with zero attached hydrogens (tertiary/aromatic N) is 5. The molecule has 2 heterocycles. The number of benzene rings is 1. The number of pyridine rings is 1. The van der Waals surface area contributed by atoms with Gasteiger partial charge in [0.2, 0.25) is 15.9 Å². The number of aromatic nitrogens is 1. The third-order valence-corrected chi connectivity index (χ3v) is 8.76. The molecule has 0 N–H and O–H groups in total. The summed E-state index contributed by atoms with van der Waals surface area (Å²) in [5.41, 5.74) is 2.17. The van der Waals surface area contributed by atoms with Gasteiger partial charge in [-0.3, -0.25) is 4.79 Å². The minimum Gasteiger partial charge on any atom is -0.497 e. The summed E-state index contributed by atoms with van der Waals surface area (Å²) in [7, 11) is 3.18. The van der Waals surface area contributed by atoms with E-state index in [1.165, 1.54) is 11.4 Å². The van der Waals surface area contributed by atoms with Gasteiger partial charge in [-0.2, -0.15) is 4.31 Å². The first-order valence-electron chi connectivity index (χ1n) is 12.3. The number of carbonyl (C=O) groups excluding carboxylic acids is 1. The van der Waals surface area contributed by atoms with Crippen molar-refractivity contribution in [2.24, 2.45) is 0 Å². The van der Waals surface area contributed by atoms with E-state index in [9.17, 15) is 13.2 Å². The third kappa shape index (κ3) is 7.41. The average Bonchev–Trinajstić information content (AvgIpc) is 2.86. The molecular weight excluding hydrogens is 494 g/mol. The van der Waals surface area contributed by atoms with Crippen LogP contribution >= 0.6 is 0 Å². The predicted octanol–water partition coefficient (Wildman–Crippen LogP) is 1.75. The van der Waals surface area contributed by atoms with E-state index in [2.05, 4.69) is 21.8 Å². The lowest BCUT2D eigenvalue weighted by atomic mass is 10.1. The Morgan fingerprint density at radius 3 is 2.30 bits per heavy atom. The summed E-state index contributed by atoms with van der Waals surface area (Å²) < 4.78 is 38.2. The molecule has 3 rings (SSSR count). The highest BCUT2D eigenvalue weighted by Crippen LogP contribution is 2.27. The van der Waals surface area contributed by atoms with E-state index in [1.54, 1.807) is 51.2 Å². The summed E-state index contributed by atoms with van der Waals surface area (Å²) in [6.07, 6.45) is 1.81. The number of methoxy groups -OCH3 is 1. The molecule has 1 aliphatic rings. The van der Waals surface area contributed by atoms with E-state index in [0.717, 1.165) is 37.6 Å². The number of amides is 1. The Hall–Kier alpha value is -2.73. The normalized spacial score (nSPS) is 14.7. The van der Waals surface area contributed by atoms with E-state index in [1.807, 2.05) is 12.1 Å². The Labute approximate surface area is 220 Å². The van der Waals surface area contributed by atoms with Gasteiger partial charge in [0.25, 0.3) is 0 Å². The van der Waals surface area contributed by atoms with Crippen LogP contribution < -0.4 is 9.64 Å². The number of carbonyl (C=O) groups is 1. The van der Waals surface area contributed by atoms with E-state index in [0.29, 0.717) is 23.4 Å². The molecule has 10 nitrogen and oxygen atoms in total. The molecular formula is C26H39N5O5S. The van der Waals surface area contributed by atoms with Crippen LogP contribution in [0.5, 0.6) is 5.75 Å². The maximum absolute atomic E-state index is 13.1. The summed E-state index contributed by atoms with van der Waals surface area (Å²) in [5.74, 6) is 1.38. The van der Waals surface area contributed by atoms with Gasteiger partial charge < -0.3 is 24.2 Å². The zero-order valence-corrected chi connectivity index (χ0v) is 23.5. The van der Waals surface area contributed by atoms with Gasteiger partial charge in [-0.15, -0.1) is 0 Å². The minimum absolute atomic E-state index is 0.102. The molecule has 2 aromatic rings. The molecule has 0 atom stereocenters. The first kappa shape index (κ1) is 28.8. The van der Waals surface area contributed by atoms with Crippen molar-refractivity contribution in [1.29, 1.82) is 0 Å². The van der Waals surface area contributed by atoms with Crippen molar-refractivity contribution < 1.29 is 22.7 Å². The second-order valence-corrected chi connectivity index (χ2v) is 11.5. The Bertz CT molecular complexity index is 1140. The van der Waals surface area contributed by atoms with Gasteiger partial charge in [-0.05, 0) is 55.8 Å². The molecule has 0 radical (unpaired) electrons. The van der Waals surface area contributed by atoms with Gasteiger partial charge in [0.15, 0.2) is 0 Å². The highest BCUT2D eigenvalue weighted by molar-refractivity contribution is 7.89. The highest BCUT2D eigenvalue weighted by Gasteiger charge is 2.25. The second kappa shape index (κ2) is 12.7. The third-order valence-electron chi connectivity index (χ3n) is 6.60. The lowest BCUT2D eigenvalue weighted by molar-refractivity contribution is -0.135. The molecule has 37 heavy (non-hydrogen) atoms. The highest BCUT2D eigenvalue weighted by atomic mass is 32.2. The number of anilines is 1. The van der Waals surface area contributed by atoms with Gasteiger partial charge in [-0.1, -0.05) is 6.07 Å². The topological polar surface area (TPSA) is 95.5 Å². The lowest BCUT2D eigenvalue weighted by Gasteiger charge is -2.33. The van der Waals surface area contributed by atoms with Crippen LogP contribution in [0.3, 0.4) is 0 Å². The number of hydrogen-bond acceptors (Lipinski definition) is 8. The van der Waals surface area contributed by atoms with Crippen LogP contribution in [-0.2, 0) is 26.1 Å². The Morgan fingerprint density at radius 1 is 1.08 bits per heavy atom. The molecule has 0 saturated carbocycles. The number of rotatable bonds is 11.